The molecule has 4 heteroatoms. The molecule has 19 heavy (non-hydrogen) atoms. The Morgan fingerprint density at radius 1 is 1.37 bits per heavy atom. The number of para-hydroxylation sites is 2. The number of hydrogen-bond donors (Lipinski definition) is 1. The third kappa shape index (κ3) is 2.69. The zero-order valence-corrected chi connectivity index (χ0v) is 12.2. The highest BCUT2D eigenvalue weighted by Gasteiger charge is 2.39. The fourth-order valence-corrected chi connectivity index (χ4v) is 2.77. The Morgan fingerprint density at radius 3 is 2.68 bits per heavy atom. The molecular weight excluding hydrogens is 238 g/mol. The van der Waals surface area contributed by atoms with Crippen molar-refractivity contribution < 1.29 is 4.74 Å². The van der Waals surface area contributed by atoms with Gasteiger partial charge in [0.25, 0.3) is 0 Å². The van der Waals surface area contributed by atoms with Crippen molar-refractivity contribution in [2.45, 2.75) is 18.9 Å². The molecule has 1 heterocycles. The molecule has 106 valence electrons. The number of anilines is 1. The minimum atomic E-state index is 0.0827. The standard InChI is InChI=1S/C15H25N3O/c1-4-19-14-8-6-5-7-13(14)18-10-9-15(11-16,12-18)17(2)3/h5-8H,4,9-12,16H2,1-3H3. The predicted molar refractivity (Wildman–Crippen MR) is 79.9 cm³/mol. The summed E-state index contributed by atoms with van der Waals surface area (Å²) >= 11 is 0. The zero-order valence-electron chi connectivity index (χ0n) is 12.2. The van der Waals surface area contributed by atoms with Gasteiger partial charge in [-0.05, 0) is 39.6 Å². The third-order valence-electron chi connectivity index (χ3n) is 4.17. The van der Waals surface area contributed by atoms with Crippen molar-refractivity contribution >= 4 is 5.69 Å². The smallest absolute Gasteiger partial charge is 0.142 e. The van der Waals surface area contributed by atoms with E-state index in [0.717, 1.165) is 25.3 Å². The molecule has 0 bridgehead atoms. The van der Waals surface area contributed by atoms with Crippen molar-refractivity contribution in [1.82, 2.24) is 4.90 Å². The van der Waals surface area contributed by atoms with Gasteiger partial charge in [0.05, 0.1) is 17.8 Å². The molecule has 0 aliphatic carbocycles. The lowest BCUT2D eigenvalue weighted by Crippen LogP contribution is -2.52. The summed E-state index contributed by atoms with van der Waals surface area (Å²) in [6, 6.07) is 8.26. The molecule has 2 N–H and O–H groups in total. The van der Waals surface area contributed by atoms with Crippen LogP contribution in [0.3, 0.4) is 0 Å². The van der Waals surface area contributed by atoms with Gasteiger partial charge in [0.15, 0.2) is 0 Å². The molecule has 1 aliphatic rings. The maximum atomic E-state index is 6.01. The molecule has 1 fully saturated rings. The molecule has 1 saturated heterocycles. The molecule has 2 rings (SSSR count). The lowest BCUT2D eigenvalue weighted by molar-refractivity contribution is 0.184. The highest BCUT2D eigenvalue weighted by Crippen LogP contribution is 2.34. The minimum Gasteiger partial charge on any atom is -0.492 e. The quantitative estimate of drug-likeness (QED) is 0.875. The summed E-state index contributed by atoms with van der Waals surface area (Å²) in [5, 5.41) is 0. The maximum Gasteiger partial charge on any atom is 0.142 e. The molecular formula is C15H25N3O. The van der Waals surface area contributed by atoms with E-state index in [4.69, 9.17) is 10.5 Å². The Labute approximate surface area is 116 Å². The molecule has 0 amide bonds. The Hall–Kier alpha value is -1.26. The van der Waals surface area contributed by atoms with Gasteiger partial charge in [-0.2, -0.15) is 0 Å². The van der Waals surface area contributed by atoms with E-state index in [1.807, 2.05) is 19.1 Å². The van der Waals surface area contributed by atoms with Crippen molar-refractivity contribution in [1.29, 1.82) is 0 Å². The number of benzene rings is 1. The molecule has 1 atom stereocenters. The Morgan fingerprint density at radius 2 is 2.11 bits per heavy atom. The van der Waals surface area contributed by atoms with Crippen LogP contribution in [0.25, 0.3) is 0 Å². The van der Waals surface area contributed by atoms with Crippen LogP contribution in [0.2, 0.25) is 0 Å². The van der Waals surface area contributed by atoms with Gasteiger partial charge in [0.1, 0.15) is 5.75 Å². The second-order valence-electron chi connectivity index (χ2n) is 5.40. The van der Waals surface area contributed by atoms with E-state index in [0.29, 0.717) is 13.2 Å². The van der Waals surface area contributed by atoms with Crippen molar-refractivity contribution in [3.8, 4) is 5.75 Å². The fraction of sp³-hybridized carbons (Fsp3) is 0.600. The van der Waals surface area contributed by atoms with Crippen LogP contribution in [0.4, 0.5) is 5.69 Å². The van der Waals surface area contributed by atoms with E-state index in [9.17, 15) is 0 Å². The number of likely N-dealkylation sites (N-methyl/N-ethyl adjacent to an activating group) is 1. The summed E-state index contributed by atoms with van der Waals surface area (Å²) < 4.78 is 5.73. The summed E-state index contributed by atoms with van der Waals surface area (Å²) in [7, 11) is 4.23. The van der Waals surface area contributed by atoms with E-state index >= 15 is 0 Å². The topological polar surface area (TPSA) is 41.7 Å². The highest BCUT2D eigenvalue weighted by molar-refractivity contribution is 5.59. The number of rotatable bonds is 5. The van der Waals surface area contributed by atoms with Crippen LogP contribution in [0, 0.1) is 0 Å². The first-order chi connectivity index (χ1) is 9.13. The number of nitrogens with zero attached hydrogens (tertiary/aromatic N) is 2. The molecule has 0 radical (unpaired) electrons. The summed E-state index contributed by atoms with van der Waals surface area (Å²) in [4.78, 5) is 4.65. The second-order valence-corrected chi connectivity index (χ2v) is 5.40. The molecule has 0 aromatic heterocycles. The molecule has 4 nitrogen and oxygen atoms in total. The lowest BCUT2D eigenvalue weighted by atomic mass is 9.97. The van der Waals surface area contributed by atoms with Crippen LogP contribution in [-0.4, -0.2) is 50.8 Å². The minimum absolute atomic E-state index is 0.0827. The van der Waals surface area contributed by atoms with Gasteiger partial charge in [0, 0.05) is 19.6 Å². The first-order valence-electron chi connectivity index (χ1n) is 6.97. The largest absolute Gasteiger partial charge is 0.492 e. The van der Waals surface area contributed by atoms with Gasteiger partial charge in [-0.25, -0.2) is 0 Å². The fourth-order valence-electron chi connectivity index (χ4n) is 2.77. The number of hydrogen-bond acceptors (Lipinski definition) is 4. The molecule has 1 aliphatic heterocycles. The van der Waals surface area contributed by atoms with Crippen molar-refractivity contribution in [2.75, 3.05) is 45.2 Å². The first kappa shape index (κ1) is 14.2. The Bertz CT molecular complexity index is 422. The maximum absolute atomic E-state index is 6.01. The summed E-state index contributed by atoms with van der Waals surface area (Å²) in [6.45, 7) is 5.39. The van der Waals surface area contributed by atoms with Crippen LogP contribution < -0.4 is 15.4 Å². The van der Waals surface area contributed by atoms with Gasteiger partial charge < -0.3 is 20.3 Å². The molecule has 1 unspecified atom stereocenters. The zero-order chi connectivity index (χ0) is 13.9. The SMILES string of the molecule is CCOc1ccccc1N1CCC(CN)(N(C)C)C1. The van der Waals surface area contributed by atoms with Gasteiger partial charge in [-0.15, -0.1) is 0 Å². The summed E-state index contributed by atoms with van der Waals surface area (Å²) in [5.74, 6) is 0.969. The van der Waals surface area contributed by atoms with E-state index in [1.54, 1.807) is 0 Å². The van der Waals surface area contributed by atoms with Crippen molar-refractivity contribution in [2.24, 2.45) is 5.73 Å². The van der Waals surface area contributed by atoms with Crippen LogP contribution in [0.5, 0.6) is 5.75 Å². The van der Waals surface area contributed by atoms with Gasteiger partial charge in [-0.1, -0.05) is 12.1 Å². The van der Waals surface area contributed by atoms with E-state index in [1.165, 1.54) is 5.69 Å². The van der Waals surface area contributed by atoms with Gasteiger partial charge >= 0.3 is 0 Å². The molecule has 1 aromatic carbocycles. The second kappa shape index (κ2) is 5.80. The van der Waals surface area contributed by atoms with Gasteiger partial charge in [-0.3, -0.25) is 0 Å². The molecule has 0 spiro atoms. The van der Waals surface area contributed by atoms with Crippen LogP contribution in [0.15, 0.2) is 24.3 Å². The Kier molecular flexibility index (Phi) is 4.32. The van der Waals surface area contributed by atoms with Gasteiger partial charge in [0.2, 0.25) is 0 Å². The highest BCUT2D eigenvalue weighted by atomic mass is 16.5. The Balaban J connectivity index is 2.21. The third-order valence-corrected chi connectivity index (χ3v) is 4.17. The average molecular weight is 263 g/mol. The van der Waals surface area contributed by atoms with Crippen LogP contribution >= 0.6 is 0 Å². The van der Waals surface area contributed by atoms with Crippen molar-refractivity contribution in [3.63, 3.8) is 0 Å². The molecule has 0 saturated carbocycles. The average Bonchev–Trinajstić information content (AvgIpc) is 2.85. The van der Waals surface area contributed by atoms with Crippen molar-refractivity contribution in [3.05, 3.63) is 24.3 Å². The summed E-state index contributed by atoms with van der Waals surface area (Å²) in [5.41, 5.74) is 7.27. The van der Waals surface area contributed by atoms with E-state index < -0.39 is 0 Å². The van der Waals surface area contributed by atoms with E-state index in [-0.39, 0.29) is 5.54 Å². The lowest BCUT2D eigenvalue weighted by Gasteiger charge is -2.35. The van der Waals surface area contributed by atoms with Crippen LogP contribution in [0.1, 0.15) is 13.3 Å². The predicted octanol–water partition coefficient (Wildman–Crippen LogP) is 1.55. The number of ether oxygens (including phenoxy) is 1. The number of nitrogens with two attached hydrogens (primary N) is 1. The van der Waals surface area contributed by atoms with Crippen LogP contribution in [-0.2, 0) is 0 Å². The molecule has 1 aromatic rings. The summed E-state index contributed by atoms with van der Waals surface area (Å²) in [6.07, 6.45) is 1.09. The normalized spacial score (nSPS) is 23.1. The van der Waals surface area contributed by atoms with E-state index in [2.05, 4.69) is 36.0 Å². The first-order valence-corrected chi connectivity index (χ1v) is 6.97. The monoisotopic (exact) mass is 263 g/mol.